The van der Waals surface area contributed by atoms with Crippen molar-refractivity contribution >= 4 is 12.6 Å². The van der Waals surface area contributed by atoms with E-state index in [1.807, 2.05) is 0 Å². The maximum absolute atomic E-state index is 12.6. The number of hydrogen-bond acceptors (Lipinski definition) is 1. The quantitative estimate of drug-likeness (QED) is 0.522. The zero-order valence-electron chi connectivity index (χ0n) is 5.60. The van der Waals surface area contributed by atoms with Crippen LogP contribution in [-0.2, 0) is 4.70 Å². The Morgan fingerprint density at radius 1 is 1.50 bits per heavy atom. The summed E-state index contributed by atoms with van der Waals surface area (Å²) in [7, 11) is 0.628. The Morgan fingerprint density at radius 3 is 2.70 bits per heavy atom. The van der Waals surface area contributed by atoms with Gasteiger partial charge in [0.15, 0.2) is 0 Å². The second-order valence-electron chi connectivity index (χ2n) is 2.13. The van der Waals surface area contributed by atoms with Gasteiger partial charge in [0.25, 0.3) is 0 Å². The number of hydrogen-bond donors (Lipinski definition) is 0. The molecule has 0 aliphatic rings. The molecule has 1 nitrogen and oxygen atoms in total. The van der Waals surface area contributed by atoms with Crippen LogP contribution in [0.15, 0.2) is 18.2 Å². The average Bonchev–Trinajstić information content (AvgIpc) is 1.95. The zero-order valence-corrected chi connectivity index (χ0v) is 5.60. The first-order valence-electron chi connectivity index (χ1n) is 2.95. The van der Waals surface area contributed by atoms with Crippen LogP contribution < -0.4 is 5.46 Å². The Balaban J connectivity index is 3.16. The predicted octanol–water partition coefficient (Wildman–Crippen LogP) is 0.809. The van der Waals surface area contributed by atoms with E-state index in [1.54, 1.807) is 19.1 Å². The minimum atomic E-state index is -0.329. The van der Waals surface area contributed by atoms with Crippen LogP contribution in [0.5, 0.6) is 0 Å². The fraction of sp³-hybridized carbons (Fsp3) is 0.143. The zero-order chi connectivity index (χ0) is 7.56. The van der Waals surface area contributed by atoms with Crippen LogP contribution in [0.3, 0.4) is 0 Å². The van der Waals surface area contributed by atoms with Gasteiger partial charge in [-0.15, -0.1) is 0 Å². The van der Waals surface area contributed by atoms with E-state index in [9.17, 15) is 9.10 Å². The van der Waals surface area contributed by atoms with E-state index < -0.39 is 0 Å². The van der Waals surface area contributed by atoms with Crippen molar-refractivity contribution in [2.45, 2.75) is 6.92 Å². The van der Waals surface area contributed by atoms with Crippen LogP contribution in [0.1, 0.15) is 5.56 Å². The number of rotatable bonds is 1. The van der Waals surface area contributed by atoms with Gasteiger partial charge < -0.3 is 0 Å². The molecule has 0 aliphatic carbocycles. The van der Waals surface area contributed by atoms with Gasteiger partial charge in [-0.05, 0) is 0 Å². The summed E-state index contributed by atoms with van der Waals surface area (Å²) in [6.45, 7) is 1.66. The fourth-order valence-corrected chi connectivity index (χ4v) is 0.682. The van der Waals surface area contributed by atoms with Gasteiger partial charge in [0.2, 0.25) is 0 Å². The molecule has 0 atom stereocenters. The molecule has 0 amide bonds. The summed E-state index contributed by atoms with van der Waals surface area (Å²) in [6.07, 6.45) is 0. The van der Waals surface area contributed by atoms with E-state index in [1.165, 1.54) is 6.07 Å². The molecule has 0 saturated heterocycles. The van der Waals surface area contributed by atoms with Crippen molar-refractivity contribution in [3.8, 4) is 0 Å². The summed E-state index contributed by atoms with van der Waals surface area (Å²) in [5.41, 5.74) is 0.939. The van der Waals surface area contributed by atoms with E-state index in [4.69, 9.17) is 0 Å². The first kappa shape index (κ1) is 7.13. The van der Waals surface area contributed by atoms with Gasteiger partial charge in [0.1, 0.15) is 0 Å². The van der Waals surface area contributed by atoms with Crippen molar-refractivity contribution in [2.75, 3.05) is 0 Å². The van der Waals surface area contributed by atoms with Crippen LogP contribution in [0.2, 0.25) is 0 Å². The van der Waals surface area contributed by atoms with Crippen LogP contribution in [0, 0.1) is 12.7 Å². The molecule has 1 aromatic rings. The van der Waals surface area contributed by atoms with Crippen molar-refractivity contribution < 1.29 is 9.10 Å². The number of aryl methyl sites for hydroxylation is 1. The molecule has 50 valence electrons. The molecule has 0 unspecified atom stereocenters. The molecule has 0 fully saturated rings. The molecule has 0 spiro atoms. The van der Waals surface area contributed by atoms with E-state index in [2.05, 4.69) is 0 Å². The molecule has 0 N–H and O–H groups in total. The van der Waals surface area contributed by atoms with Crippen LogP contribution in [0.4, 0.5) is 4.39 Å². The second kappa shape index (κ2) is 2.73. The molecule has 0 aromatic heterocycles. The normalized spacial score (nSPS) is 9.00. The molecule has 0 radical (unpaired) electrons. The Labute approximate surface area is 59.1 Å². The third kappa shape index (κ3) is 1.29. The maximum atomic E-state index is 12.6. The number of halogens is 1. The average molecular weight is 136 g/mol. The Morgan fingerprint density at radius 2 is 2.20 bits per heavy atom. The van der Waals surface area contributed by atoms with Gasteiger partial charge in [0.05, 0.1) is 0 Å². The summed E-state index contributed by atoms with van der Waals surface area (Å²) in [5.74, 6) is -0.329. The van der Waals surface area contributed by atoms with Crippen LogP contribution in [0.25, 0.3) is 0 Å². The standard InChI is InChI=1S/C7H6BFO/c1-5-2-3-6(8-10)4-7(5)9/h2-4H,1H3. The molecule has 0 heterocycles. The summed E-state index contributed by atoms with van der Waals surface area (Å²) in [6, 6.07) is 4.40. The van der Waals surface area contributed by atoms with Crippen molar-refractivity contribution in [3.05, 3.63) is 29.6 Å². The van der Waals surface area contributed by atoms with Crippen molar-refractivity contribution in [3.63, 3.8) is 0 Å². The monoisotopic (exact) mass is 136 g/mol. The van der Waals surface area contributed by atoms with Crippen LogP contribution in [-0.4, -0.2) is 7.15 Å². The third-order valence-electron chi connectivity index (χ3n) is 1.33. The van der Waals surface area contributed by atoms with Crippen molar-refractivity contribution in [2.24, 2.45) is 0 Å². The molecular formula is C7H6BFO. The first-order chi connectivity index (χ1) is 4.74. The summed E-state index contributed by atoms with van der Waals surface area (Å²) < 4.78 is 22.7. The van der Waals surface area contributed by atoms with Gasteiger partial charge in [-0.25, -0.2) is 0 Å². The predicted molar refractivity (Wildman–Crippen MR) is 37.2 cm³/mol. The molecular weight excluding hydrogens is 130 g/mol. The first-order valence-corrected chi connectivity index (χ1v) is 2.95. The van der Waals surface area contributed by atoms with E-state index in [-0.39, 0.29) is 5.82 Å². The van der Waals surface area contributed by atoms with Crippen LogP contribution >= 0.6 is 0 Å². The Bertz CT molecular complexity index is 260. The van der Waals surface area contributed by atoms with Gasteiger partial charge in [-0.3, -0.25) is 0 Å². The summed E-state index contributed by atoms with van der Waals surface area (Å²) in [5, 5.41) is 0. The second-order valence-corrected chi connectivity index (χ2v) is 2.13. The Hall–Kier alpha value is -0.985. The molecule has 0 saturated carbocycles. The molecule has 0 bridgehead atoms. The van der Waals surface area contributed by atoms with Crippen molar-refractivity contribution in [1.29, 1.82) is 0 Å². The number of benzene rings is 1. The minimum absolute atomic E-state index is 0.329. The molecule has 1 aromatic carbocycles. The fourth-order valence-electron chi connectivity index (χ4n) is 0.682. The Kier molecular flexibility index (Phi) is 1.95. The van der Waals surface area contributed by atoms with Gasteiger partial charge in [0, 0.05) is 0 Å². The van der Waals surface area contributed by atoms with Crippen molar-refractivity contribution in [1.82, 2.24) is 0 Å². The third-order valence-corrected chi connectivity index (χ3v) is 1.33. The van der Waals surface area contributed by atoms with E-state index in [0.717, 1.165) is 0 Å². The molecule has 1 rings (SSSR count). The molecule has 0 aliphatic heterocycles. The molecule has 10 heavy (non-hydrogen) atoms. The van der Waals surface area contributed by atoms with Gasteiger partial charge in [-0.1, -0.05) is 0 Å². The van der Waals surface area contributed by atoms with Gasteiger partial charge in [-0.2, -0.15) is 0 Å². The SMILES string of the molecule is Cc1ccc(B=O)cc1F. The summed E-state index contributed by atoms with van der Waals surface area (Å²) in [4.78, 5) is 0. The van der Waals surface area contributed by atoms with Gasteiger partial charge >= 0.3 is 58.2 Å². The topological polar surface area (TPSA) is 17.1 Å². The summed E-state index contributed by atoms with van der Waals surface area (Å²) >= 11 is 0. The molecule has 3 heteroatoms. The van der Waals surface area contributed by atoms with E-state index in [0.29, 0.717) is 18.2 Å². The van der Waals surface area contributed by atoms with E-state index >= 15 is 0 Å².